The van der Waals surface area contributed by atoms with Gasteiger partial charge in [-0.3, -0.25) is 9.59 Å². The number of carbonyl (C=O) groups excluding carboxylic acids is 2. The van der Waals surface area contributed by atoms with E-state index in [2.05, 4.69) is 5.32 Å². The van der Waals surface area contributed by atoms with E-state index >= 15 is 0 Å². The summed E-state index contributed by atoms with van der Waals surface area (Å²) in [5, 5.41) is 2.89. The Morgan fingerprint density at radius 2 is 1.95 bits per heavy atom. The van der Waals surface area contributed by atoms with Gasteiger partial charge in [0.1, 0.15) is 11.6 Å². The molecule has 0 aromatic carbocycles. The summed E-state index contributed by atoms with van der Waals surface area (Å²) in [4.78, 5) is 27.0. The van der Waals surface area contributed by atoms with Crippen LogP contribution >= 0.6 is 0 Å². The van der Waals surface area contributed by atoms with E-state index in [1.807, 2.05) is 34.6 Å². The van der Waals surface area contributed by atoms with Crippen LogP contribution in [0, 0.1) is 5.41 Å². The maximum Gasteiger partial charge on any atom is 0.246 e. The van der Waals surface area contributed by atoms with Crippen LogP contribution in [0.25, 0.3) is 0 Å². The van der Waals surface area contributed by atoms with Gasteiger partial charge in [-0.05, 0) is 38.5 Å². The van der Waals surface area contributed by atoms with E-state index in [0.29, 0.717) is 6.54 Å². The number of piperazine rings is 1. The van der Waals surface area contributed by atoms with Crippen LogP contribution in [0.1, 0.15) is 53.9 Å². The van der Waals surface area contributed by atoms with E-state index in [1.165, 1.54) is 0 Å². The Morgan fingerprint density at radius 3 is 2.48 bits per heavy atom. The fourth-order valence-corrected chi connectivity index (χ4v) is 2.98. The first kappa shape index (κ1) is 16.3. The summed E-state index contributed by atoms with van der Waals surface area (Å²) in [6.45, 7) is 10.8. The number of rotatable bonds is 2. The Bertz CT molecular complexity index is 420. The molecule has 1 N–H and O–H groups in total. The number of nitrogens with zero attached hydrogens (tertiary/aromatic N) is 1. The van der Waals surface area contributed by atoms with Gasteiger partial charge in [-0.2, -0.15) is 0 Å². The lowest BCUT2D eigenvalue weighted by Crippen LogP contribution is -2.71. The molecule has 2 amide bonds. The second kappa shape index (κ2) is 5.59. The number of carbonyl (C=O) groups is 2. The Labute approximate surface area is 127 Å². The van der Waals surface area contributed by atoms with Gasteiger partial charge in [-0.25, -0.2) is 0 Å². The van der Waals surface area contributed by atoms with Crippen LogP contribution in [0.2, 0.25) is 0 Å². The topological polar surface area (TPSA) is 58.6 Å². The lowest BCUT2D eigenvalue weighted by Gasteiger charge is -2.48. The molecule has 2 aliphatic rings. The van der Waals surface area contributed by atoms with E-state index in [1.54, 1.807) is 4.90 Å². The van der Waals surface area contributed by atoms with Crippen molar-refractivity contribution < 1.29 is 14.3 Å². The third-order valence-corrected chi connectivity index (χ3v) is 4.55. The van der Waals surface area contributed by atoms with Gasteiger partial charge < -0.3 is 15.0 Å². The van der Waals surface area contributed by atoms with E-state index in [0.717, 1.165) is 25.9 Å². The maximum atomic E-state index is 12.9. The monoisotopic (exact) mass is 296 g/mol. The zero-order chi connectivity index (χ0) is 15.8. The van der Waals surface area contributed by atoms with E-state index in [9.17, 15) is 9.59 Å². The smallest absolute Gasteiger partial charge is 0.246 e. The molecule has 0 aliphatic carbocycles. The van der Waals surface area contributed by atoms with E-state index in [4.69, 9.17) is 4.74 Å². The Balaban J connectivity index is 2.21. The Morgan fingerprint density at radius 1 is 1.29 bits per heavy atom. The molecule has 120 valence electrons. The molecule has 0 bridgehead atoms. The Hall–Kier alpha value is -1.10. The quantitative estimate of drug-likeness (QED) is 0.844. The molecule has 2 saturated heterocycles. The molecule has 21 heavy (non-hydrogen) atoms. The van der Waals surface area contributed by atoms with Crippen molar-refractivity contribution in [2.45, 2.75) is 71.6 Å². The van der Waals surface area contributed by atoms with Crippen LogP contribution in [-0.4, -0.2) is 47.6 Å². The summed E-state index contributed by atoms with van der Waals surface area (Å²) in [6.07, 6.45) is 3.22. The van der Waals surface area contributed by atoms with E-state index < -0.39 is 11.6 Å². The minimum atomic E-state index is -0.820. The zero-order valence-electron chi connectivity index (χ0n) is 13.9. The van der Waals surface area contributed by atoms with Crippen LogP contribution in [0.4, 0.5) is 0 Å². The molecule has 0 aromatic heterocycles. The summed E-state index contributed by atoms with van der Waals surface area (Å²) in [7, 11) is 0. The Kier molecular flexibility index (Phi) is 4.34. The molecule has 2 fully saturated rings. The highest BCUT2D eigenvalue weighted by atomic mass is 16.5. The highest BCUT2D eigenvalue weighted by Crippen LogP contribution is 2.30. The average Bonchev–Trinajstić information content (AvgIpc) is 2.39. The van der Waals surface area contributed by atoms with Crippen molar-refractivity contribution in [2.24, 2.45) is 5.41 Å². The van der Waals surface area contributed by atoms with Crippen LogP contribution in [-0.2, 0) is 14.3 Å². The second-order valence-electron chi connectivity index (χ2n) is 7.77. The largest absolute Gasteiger partial charge is 0.376 e. The molecule has 2 rings (SSSR count). The average molecular weight is 296 g/mol. The molecule has 0 saturated carbocycles. The van der Waals surface area contributed by atoms with Crippen molar-refractivity contribution in [3.05, 3.63) is 0 Å². The van der Waals surface area contributed by atoms with Crippen LogP contribution in [0.15, 0.2) is 0 Å². The predicted molar refractivity (Wildman–Crippen MR) is 80.8 cm³/mol. The number of amides is 2. The van der Waals surface area contributed by atoms with Crippen LogP contribution in [0.5, 0.6) is 0 Å². The van der Waals surface area contributed by atoms with Crippen LogP contribution < -0.4 is 5.32 Å². The highest BCUT2D eigenvalue weighted by Gasteiger charge is 2.50. The molecular weight excluding hydrogens is 268 g/mol. The van der Waals surface area contributed by atoms with Crippen molar-refractivity contribution in [3.63, 3.8) is 0 Å². The minimum absolute atomic E-state index is 0.00118. The van der Waals surface area contributed by atoms with Crippen molar-refractivity contribution in [1.82, 2.24) is 10.2 Å². The normalized spacial score (nSPS) is 30.2. The van der Waals surface area contributed by atoms with Gasteiger partial charge in [-0.1, -0.05) is 20.8 Å². The fraction of sp³-hybridized carbons (Fsp3) is 0.875. The lowest BCUT2D eigenvalue weighted by atomic mass is 9.81. The maximum absolute atomic E-state index is 12.9. The van der Waals surface area contributed by atoms with Crippen LogP contribution in [0.3, 0.4) is 0 Å². The van der Waals surface area contributed by atoms with Gasteiger partial charge in [0.2, 0.25) is 11.8 Å². The molecular formula is C16H28N2O3. The standard InChI is InChI=1S/C16H28N2O3/c1-15(2,3)12-13(19)18(16(4,5)14(20)17-12)10-11-8-6-7-9-21-11/h11-12H,6-10H2,1-5H3,(H,17,20). The van der Waals surface area contributed by atoms with Gasteiger partial charge >= 0.3 is 0 Å². The van der Waals surface area contributed by atoms with E-state index in [-0.39, 0.29) is 23.3 Å². The van der Waals surface area contributed by atoms with Crippen molar-refractivity contribution in [3.8, 4) is 0 Å². The number of ether oxygens (including phenoxy) is 1. The predicted octanol–water partition coefficient (Wildman–Crippen LogP) is 1.71. The highest BCUT2D eigenvalue weighted by molar-refractivity contribution is 5.99. The first-order valence-corrected chi connectivity index (χ1v) is 7.88. The van der Waals surface area contributed by atoms with Crippen molar-refractivity contribution in [1.29, 1.82) is 0 Å². The SMILES string of the molecule is CC(C)(C)C1NC(=O)C(C)(C)N(CC2CCCCO2)C1=O. The second-order valence-corrected chi connectivity index (χ2v) is 7.77. The van der Waals surface area contributed by atoms with Gasteiger partial charge in [0.15, 0.2) is 0 Å². The summed E-state index contributed by atoms with van der Waals surface area (Å²) < 4.78 is 5.75. The van der Waals surface area contributed by atoms with Gasteiger partial charge in [0.05, 0.1) is 6.10 Å². The van der Waals surface area contributed by atoms with Gasteiger partial charge in [0, 0.05) is 13.2 Å². The molecule has 0 aromatic rings. The molecule has 2 aliphatic heterocycles. The summed E-state index contributed by atoms with van der Waals surface area (Å²) in [5.41, 5.74) is -1.12. The fourth-order valence-electron chi connectivity index (χ4n) is 2.98. The van der Waals surface area contributed by atoms with Crippen molar-refractivity contribution in [2.75, 3.05) is 13.2 Å². The molecule has 2 atom stereocenters. The first-order chi connectivity index (χ1) is 9.64. The summed E-state index contributed by atoms with van der Waals surface area (Å²) in [5.74, 6) is -0.0842. The molecule has 5 nitrogen and oxygen atoms in total. The van der Waals surface area contributed by atoms with Gasteiger partial charge in [-0.15, -0.1) is 0 Å². The number of nitrogens with one attached hydrogen (secondary N) is 1. The lowest BCUT2D eigenvalue weighted by molar-refractivity contribution is -0.161. The number of hydrogen-bond acceptors (Lipinski definition) is 3. The molecule has 2 unspecified atom stereocenters. The van der Waals surface area contributed by atoms with Crippen molar-refractivity contribution >= 4 is 11.8 Å². The molecule has 0 spiro atoms. The number of hydrogen-bond donors (Lipinski definition) is 1. The third kappa shape index (κ3) is 3.23. The molecule has 0 radical (unpaired) electrons. The van der Waals surface area contributed by atoms with Gasteiger partial charge in [0.25, 0.3) is 0 Å². The third-order valence-electron chi connectivity index (χ3n) is 4.55. The molecule has 2 heterocycles. The zero-order valence-corrected chi connectivity index (χ0v) is 13.9. The minimum Gasteiger partial charge on any atom is -0.376 e. The summed E-state index contributed by atoms with van der Waals surface area (Å²) in [6, 6.07) is -0.471. The first-order valence-electron chi connectivity index (χ1n) is 7.88. The molecule has 5 heteroatoms. The summed E-state index contributed by atoms with van der Waals surface area (Å²) >= 11 is 0.